The highest BCUT2D eigenvalue weighted by atomic mass is 14.9. The Bertz CT molecular complexity index is 3170. The average Bonchev–Trinajstić information content (AvgIpc) is 3.55. The Morgan fingerprint density at radius 3 is 1.37 bits per heavy atom. The minimum absolute atomic E-state index is 0.323. The molecule has 0 saturated heterocycles. The Morgan fingerprint density at radius 1 is 0.305 bits per heavy atom. The van der Waals surface area contributed by atoms with E-state index in [0.29, 0.717) is 0 Å². The lowest BCUT2D eigenvalue weighted by Gasteiger charge is -2.25. The summed E-state index contributed by atoms with van der Waals surface area (Å²) < 4.78 is 0. The van der Waals surface area contributed by atoms with E-state index in [1.54, 1.807) is 0 Å². The van der Waals surface area contributed by atoms with Crippen LogP contribution >= 0.6 is 0 Å². The van der Waals surface area contributed by atoms with Crippen LogP contribution in [0.1, 0.15) is 25.0 Å². The molecule has 0 N–H and O–H groups in total. The van der Waals surface area contributed by atoms with Crippen molar-refractivity contribution in [2.75, 3.05) is 0 Å². The molecule has 1 aliphatic rings. The molecular weight excluding hydrogens is 713 g/mol. The highest BCUT2D eigenvalue weighted by Gasteiger charge is 2.41. The number of hydrogen-bond acceptors (Lipinski definition) is 2. The summed E-state index contributed by atoms with van der Waals surface area (Å²) in [6, 6.07) is 74.3. The third-order valence-corrected chi connectivity index (χ3v) is 12.2. The van der Waals surface area contributed by atoms with Crippen molar-refractivity contribution >= 4 is 21.5 Å². The van der Waals surface area contributed by atoms with Crippen LogP contribution in [0.5, 0.6) is 0 Å². The van der Waals surface area contributed by atoms with Crippen LogP contribution < -0.4 is 0 Å². The van der Waals surface area contributed by atoms with E-state index in [1.165, 1.54) is 71.6 Å². The van der Waals surface area contributed by atoms with Crippen LogP contribution in [0, 0.1) is 0 Å². The molecule has 2 heteroatoms. The SMILES string of the molecule is CC1(C)c2c(nc(-c3cccc(-c4cccc(-c5cc(-c6ccccc6)cc(-c6ccccc6)c5)c4)c3)nc2-c2cccc3ccccc23)-c2ccc3ccccc3c21. The second kappa shape index (κ2) is 13.9. The lowest BCUT2D eigenvalue weighted by molar-refractivity contribution is 0.663. The van der Waals surface area contributed by atoms with Crippen LogP contribution in [0.25, 0.3) is 100.0 Å². The van der Waals surface area contributed by atoms with Crippen LogP contribution in [-0.4, -0.2) is 9.97 Å². The normalized spacial score (nSPS) is 12.7. The van der Waals surface area contributed by atoms with Gasteiger partial charge in [0, 0.05) is 27.7 Å². The summed E-state index contributed by atoms with van der Waals surface area (Å²) in [5, 5.41) is 4.90. The first-order chi connectivity index (χ1) is 29.0. The Kier molecular flexibility index (Phi) is 8.20. The van der Waals surface area contributed by atoms with Crippen molar-refractivity contribution in [2.45, 2.75) is 19.3 Å². The first kappa shape index (κ1) is 34.8. The molecule has 278 valence electrons. The summed E-state index contributed by atoms with van der Waals surface area (Å²) in [7, 11) is 0. The van der Waals surface area contributed by atoms with Crippen LogP contribution in [0.4, 0.5) is 0 Å². The molecule has 9 aromatic carbocycles. The van der Waals surface area contributed by atoms with Crippen molar-refractivity contribution in [3.05, 3.63) is 217 Å². The van der Waals surface area contributed by atoms with Gasteiger partial charge in [-0.3, -0.25) is 0 Å². The molecule has 10 aromatic rings. The lowest BCUT2D eigenvalue weighted by Crippen LogP contribution is -2.18. The Labute approximate surface area is 345 Å². The maximum Gasteiger partial charge on any atom is 0.160 e. The zero-order valence-corrected chi connectivity index (χ0v) is 33.0. The van der Waals surface area contributed by atoms with E-state index < -0.39 is 0 Å². The van der Waals surface area contributed by atoms with Crippen molar-refractivity contribution in [3.8, 4) is 78.4 Å². The third-order valence-electron chi connectivity index (χ3n) is 12.2. The van der Waals surface area contributed by atoms with E-state index in [-0.39, 0.29) is 5.41 Å². The number of nitrogens with zero attached hydrogens (tertiary/aromatic N) is 2. The molecule has 0 saturated carbocycles. The van der Waals surface area contributed by atoms with Gasteiger partial charge in [-0.15, -0.1) is 0 Å². The zero-order chi connectivity index (χ0) is 39.5. The molecule has 0 atom stereocenters. The molecule has 0 fully saturated rings. The standard InChI is InChI=1S/C57H40N2/c1-57(2)52-49-28-12-10-21-40(49)30-31-51(52)55-53(57)54(50-29-15-22-39-20-9-11-27-48(39)50)58-56(59-55)44-26-14-24-42(33-44)41-23-13-25-43(32-41)47-35-45(37-16-5-3-6-17-37)34-46(36-47)38-18-7-4-8-19-38/h3-36H,1-2H3. The molecule has 0 radical (unpaired) electrons. The molecule has 2 nitrogen and oxygen atoms in total. The first-order valence-electron chi connectivity index (χ1n) is 20.4. The van der Waals surface area contributed by atoms with Gasteiger partial charge < -0.3 is 0 Å². The molecule has 11 rings (SSSR count). The number of hydrogen-bond donors (Lipinski definition) is 0. The third kappa shape index (κ3) is 5.96. The van der Waals surface area contributed by atoms with Gasteiger partial charge >= 0.3 is 0 Å². The Hall–Kier alpha value is -7.42. The Morgan fingerprint density at radius 2 is 0.729 bits per heavy atom. The maximum atomic E-state index is 5.56. The van der Waals surface area contributed by atoms with E-state index in [4.69, 9.17) is 9.97 Å². The minimum Gasteiger partial charge on any atom is -0.228 e. The predicted molar refractivity (Wildman–Crippen MR) is 247 cm³/mol. The number of rotatable bonds is 6. The summed E-state index contributed by atoms with van der Waals surface area (Å²) in [4.78, 5) is 11.1. The summed E-state index contributed by atoms with van der Waals surface area (Å²) in [5.74, 6) is 0.726. The quantitative estimate of drug-likeness (QED) is 0.169. The fourth-order valence-corrected chi connectivity index (χ4v) is 9.38. The molecule has 0 unspecified atom stereocenters. The molecule has 59 heavy (non-hydrogen) atoms. The fourth-order valence-electron chi connectivity index (χ4n) is 9.38. The molecule has 0 bridgehead atoms. The van der Waals surface area contributed by atoms with Crippen LogP contribution in [-0.2, 0) is 5.41 Å². The molecule has 0 aliphatic heterocycles. The summed E-state index contributed by atoms with van der Waals surface area (Å²) >= 11 is 0. The molecular formula is C57H40N2. The second-order valence-corrected chi connectivity index (χ2v) is 16.2. The van der Waals surface area contributed by atoms with Gasteiger partial charge in [0.2, 0.25) is 0 Å². The van der Waals surface area contributed by atoms with Gasteiger partial charge in [0.1, 0.15) is 0 Å². The molecule has 1 aromatic heterocycles. The van der Waals surface area contributed by atoms with E-state index >= 15 is 0 Å². The average molecular weight is 753 g/mol. The predicted octanol–water partition coefficient (Wildman–Crippen LogP) is 15.1. The Balaban J connectivity index is 1.07. The first-order valence-corrected chi connectivity index (χ1v) is 20.4. The van der Waals surface area contributed by atoms with Crippen molar-refractivity contribution in [3.63, 3.8) is 0 Å². The largest absolute Gasteiger partial charge is 0.228 e. The molecule has 1 aliphatic carbocycles. The van der Waals surface area contributed by atoms with E-state index in [0.717, 1.165) is 39.5 Å². The van der Waals surface area contributed by atoms with Crippen LogP contribution in [0.2, 0.25) is 0 Å². The van der Waals surface area contributed by atoms with Crippen molar-refractivity contribution < 1.29 is 0 Å². The fraction of sp³-hybridized carbons (Fsp3) is 0.0526. The van der Waals surface area contributed by atoms with Crippen molar-refractivity contribution in [1.82, 2.24) is 9.97 Å². The minimum atomic E-state index is -0.323. The van der Waals surface area contributed by atoms with Crippen LogP contribution in [0.15, 0.2) is 206 Å². The zero-order valence-electron chi connectivity index (χ0n) is 33.0. The summed E-state index contributed by atoms with van der Waals surface area (Å²) in [6.07, 6.45) is 0. The topological polar surface area (TPSA) is 25.8 Å². The van der Waals surface area contributed by atoms with Crippen LogP contribution in [0.3, 0.4) is 0 Å². The summed E-state index contributed by atoms with van der Waals surface area (Å²) in [5.41, 5.74) is 16.9. The van der Waals surface area contributed by atoms with Gasteiger partial charge in [0.15, 0.2) is 5.82 Å². The number of benzene rings is 9. The second-order valence-electron chi connectivity index (χ2n) is 16.2. The highest BCUT2D eigenvalue weighted by Crippen LogP contribution is 2.54. The van der Waals surface area contributed by atoms with Gasteiger partial charge in [-0.1, -0.05) is 190 Å². The van der Waals surface area contributed by atoms with Gasteiger partial charge in [-0.05, 0) is 102 Å². The molecule has 0 amide bonds. The molecule has 0 spiro atoms. The lowest BCUT2D eigenvalue weighted by atomic mass is 9.78. The van der Waals surface area contributed by atoms with Gasteiger partial charge in [-0.2, -0.15) is 0 Å². The highest BCUT2D eigenvalue weighted by molar-refractivity contribution is 6.02. The monoisotopic (exact) mass is 752 g/mol. The van der Waals surface area contributed by atoms with Gasteiger partial charge in [-0.25, -0.2) is 9.97 Å². The summed E-state index contributed by atoms with van der Waals surface area (Å²) in [6.45, 7) is 4.68. The van der Waals surface area contributed by atoms with E-state index in [2.05, 4.69) is 220 Å². The van der Waals surface area contributed by atoms with Crippen molar-refractivity contribution in [2.24, 2.45) is 0 Å². The van der Waals surface area contributed by atoms with E-state index in [1.807, 2.05) is 0 Å². The van der Waals surface area contributed by atoms with Crippen molar-refractivity contribution in [1.29, 1.82) is 0 Å². The maximum absolute atomic E-state index is 5.56. The van der Waals surface area contributed by atoms with Gasteiger partial charge in [0.05, 0.1) is 11.4 Å². The number of fused-ring (bicyclic) bond motifs is 6. The van der Waals surface area contributed by atoms with E-state index in [9.17, 15) is 0 Å². The number of aromatic nitrogens is 2. The van der Waals surface area contributed by atoms with Gasteiger partial charge in [0.25, 0.3) is 0 Å². The molecule has 1 heterocycles. The smallest absolute Gasteiger partial charge is 0.160 e.